The highest BCUT2D eigenvalue weighted by Crippen LogP contribution is 2.21. The van der Waals surface area contributed by atoms with Crippen LogP contribution in [0.1, 0.15) is 5.89 Å². The van der Waals surface area contributed by atoms with Gasteiger partial charge in [0.2, 0.25) is 11.6 Å². The molecule has 0 radical (unpaired) electrons. The summed E-state index contributed by atoms with van der Waals surface area (Å²) in [5.41, 5.74) is 1.75. The third-order valence-electron chi connectivity index (χ3n) is 3.30. The van der Waals surface area contributed by atoms with Gasteiger partial charge in [0.15, 0.2) is 0 Å². The van der Waals surface area contributed by atoms with E-state index in [-0.39, 0.29) is 6.54 Å². The molecule has 4 aromatic rings. The number of rotatable bonds is 5. The van der Waals surface area contributed by atoms with E-state index in [4.69, 9.17) is 9.26 Å². The van der Waals surface area contributed by atoms with Crippen molar-refractivity contribution >= 4 is 11.3 Å². The highest BCUT2D eigenvalue weighted by Gasteiger charge is 2.12. The van der Waals surface area contributed by atoms with E-state index < -0.39 is 0 Å². The van der Waals surface area contributed by atoms with Crippen LogP contribution in [-0.4, -0.2) is 37.5 Å². The van der Waals surface area contributed by atoms with E-state index in [0.29, 0.717) is 17.5 Å². The molecule has 3 heterocycles. The van der Waals surface area contributed by atoms with Crippen molar-refractivity contribution in [3.05, 3.63) is 47.0 Å². The maximum Gasteiger partial charge on any atom is 0.250 e. The SMILES string of the molecule is COc1cccc(-c2nnn(Cc3nc(-c4ccsc4)no3)n2)c1. The Morgan fingerprint density at radius 1 is 1.21 bits per heavy atom. The van der Waals surface area contributed by atoms with Crippen molar-refractivity contribution < 1.29 is 9.26 Å². The molecule has 0 fully saturated rings. The first-order chi connectivity index (χ1) is 11.8. The lowest BCUT2D eigenvalue weighted by Crippen LogP contribution is -2.04. The van der Waals surface area contributed by atoms with Crippen LogP contribution in [-0.2, 0) is 6.54 Å². The van der Waals surface area contributed by atoms with E-state index in [1.54, 1.807) is 18.4 Å². The van der Waals surface area contributed by atoms with Gasteiger partial charge < -0.3 is 9.26 Å². The molecule has 0 aliphatic carbocycles. The molecule has 8 nitrogen and oxygen atoms in total. The van der Waals surface area contributed by atoms with Gasteiger partial charge in [0, 0.05) is 16.5 Å². The van der Waals surface area contributed by atoms with Crippen LogP contribution in [0.15, 0.2) is 45.6 Å². The smallest absolute Gasteiger partial charge is 0.250 e. The van der Waals surface area contributed by atoms with Crippen molar-refractivity contribution in [1.82, 2.24) is 30.3 Å². The average Bonchev–Trinajstić information content (AvgIpc) is 3.36. The monoisotopic (exact) mass is 340 g/mol. The van der Waals surface area contributed by atoms with Gasteiger partial charge in [0.25, 0.3) is 5.89 Å². The fourth-order valence-corrected chi connectivity index (χ4v) is 2.77. The van der Waals surface area contributed by atoms with E-state index in [1.165, 1.54) is 4.80 Å². The van der Waals surface area contributed by atoms with Gasteiger partial charge in [-0.3, -0.25) is 0 Å². The average molecular weight is 340 g/mol. The first-order valence-corrected chi connectivity index (χ1v) is 8.03. The third-order valence-corrected chi connectivity index (χ3v) is 3.99. The van der Waals surface area contributed by atoms with Gasteiger partial charge in [-0.1, -0.05) is 17.3 Å². The van der Waals surface area contributed by atoms with Crippen LogP contribution >= 0.6 is 11.3 Å². The van der Waals surface area contributed by atoms with Gasteiger partial charge in [-0.15, -0.1) is 10.2 Å². The Morgan fingerprint density at radius 2 is 2.17 bits per heavy atom. The summed E-state index contributed by atoms with van der Waals surface area (Å²) in [6.45, 7) is 0.258. The molecule has 24 heavy (non-hydrogen) atoms. The first-order valence-electron chi connectivity index (χ1n) is 7.09. The fraction of sp³-hybridized carbons (Fsp3) is 0.133. The predicted molar refractivity (Wildman–Crippen MR) is 86.5 cm³/mol. The standard InChI is InChI=1S/C15H12N6O2S/c1-22-12-4-2-3-10(7-12)15-17-20-21(18-15)8-13-16-14(19-23-13)11-5-6-24-9-11/h2-7,9H,8H2,1H3. The van der Waals surface area contributed by atoms with Crippen molar-refractivity contribution in [3.8, 4) is 28.5 Å². The largest absolute Gasteiger partial charge is 0.497 e. The second-order valence-corrected chi connectivity index (χ2v) is 5.68. The zero-order valence-electron chi connectivity index (χ0n) is 12.7. The van der Waals surface area contributed by atoms with Crippen LogP contribution in [0.3, 0.4) is 0 Å². The van der Waals surface area contributed by atoms with Gasteiger partial charge in [-0.05, 0) is 28.8 Å². The molecule has 0 N–H and O–H groups in total. The molecule has 3 aromatic heterocycles. The van der Waals surface area contributed by atoms with Crippen LogP contribution in [0.25, 0.3) is 22.8 Å². The molecule has 0 saturated carbocycles. The third kappa shape index (κ3) is 2.88. The van der Waals surface area contributed by atoms with Crippen molar-refractivity contribution in [1.29, 1.82) is 0 Å². The second-order valence-electron chi connectivity index (χ2n) is 4.90. The Kier molecular flexibility index (Phi) is 3.75. The van der Waals surface area contributed by atoms with Gasteiger partial charge in [0.05, 0.1) is 7.11 Å². The summed E-state index contributed by atoms with van der Waals surface area (Å²) in [6, 6.07) is 9.42. The lowest BCUT2D eigenvalue weighted by atomic mass is 10.2. The fourth-order valence-electron chi connectivity index (χ4n) is 2.14. The van der Waals surface area contributed by atoms with E-state index in [0.717, 1.165) is 16.9 Å². The minimum Gasteiger partial charge on any atom is -0.497 e. The summed E-state index contributed by atoms with van der Waals surface area (Å²) in [7, 11) is 1.62. The minimum absolute atomic E-state index is 0.258. The number of methoxy groups -OCH3 is 1. The summed E-state index contributed by atoms with van der Waals surface area (Å²) in [5.74, 6) is 2.22. The molecular weight excluding hydrogens is 328 g/mol. The normalized spacial score (nSPS) is 10.9. The lowest BCUT2D eigenvalue weighted by molar-refractivity contribution is 0.356. The molecule has 1 aromatic carbocycles. The summed E-state index contributed by atoms with van der Waals surface area (Å²) >= 11 is 1.58. The number of ether oxygens (including phenoxy) is 1. The van der Waals surface area contributed by atoms with Crippen molar-refractivity contribution in [2.45, 2.75) is 6.54 Å². The molecule has 0 aliphatic rings. The zero-order valence-corrected chi connectivity index (χ0v) is 13.5. The molecule has 0 aliphatic heterocycles. The van der Waals surface area contributed by atoms with E-state index in [9.17, 15) is 0 Å². The number of aromatic nitrogens is 6. The topological polar surface area (TPSA) is 91.8 Å². The Hall–Kier alpha value is -3.07. The first kappa shape index (κ1) is 14.5. The molecule has 0 saturated heterocycles. The molecule has 9 heteroatoms. The van der Waals surface area contributed by atoms with Crippen LogP contribution in [0, 0.1) is 0 Å². The Balaban J connectivity index is 1.53. The summed E-state index contributed by atoms with van der Waals surface area (Å²) in [4.78, 5) is 5.75. The highest BCUT2D eigenvalue weighted by molar-refractivity contribution is 7.08. The number of hydrogen-bond donors (Lipinski definition) is 0. The quantitative estimate of drug-likeness (QED) is 0.551. The molecular formula is C15H12N6O2S. The van der Waals surface area contributed by atoms with Gasteiger partial charge in [0.1, 0.15) is 12.3 Å². The van der Waals surface area contributed by atoms with Crippen LogP contribution in [0.5, 0.6) is 5.75 Å². The van der Waals surface area contributed by atoms with Gasteiger partial charge >= 0.3 is 0 Å². The Labute approximate surface area is 140 Å². The van der Waals surface area contributed by atoms with Crippen molar-refractivity contribution in [2.75, 3.05) is 7.11 Å². The second kappa shape index (κ2) is 6.20. The van der Waals surface area contributed by atoms with Gasteiger partial charge in [-0.2, -0.15) is 21.1 Å². The molecule has 0 amide bonds. The van der Waals surface area contributed by atoms with Crippen LogP contribution in [0.4, 0.5) is 0 Å². The summed E-state index contributed by atoms with van der Waals surface area (Å²) in [5, 5.41) is 20.3. The summed E-state index contributed by atoms with van der Waals surface area (Å²) < 4.78 is 10.4. The van der Waals surface area contributed by atoms with Crippen LogP contribution in [0.2, 0.25) is 0 Å². The number of tetrazole rings is 1. The molecule has 0 unspecified atom stereocenters. The van der Waals surface area contributed by atoms with Crippen LogP contribution < -0.4 is 4.74 Å². The maximum absolute atomic E-state index is 5.24. The molecule has 0 atom stereocenters. The maximum atomic E-state index is 5.24. The Morgan fingerprint density at radius 3 is 3.00 bits per heavy atom. The minimum atomic E-state index is 0.258. The molecule has 4 rings (SSSR count). The predicted octanol–water partition coefficient (Wildman–Crippen LogP) is 2.51. The number of benzene rings is 1. The zero-order chi connectivity index (χ0) is 16.4. The van der Waals surface area contributed by atoms with E-state index in [1.807, 2.05) is 41.1 Å². The lowest BCUT2D eigenvalue weighted by Gasteiger charge is -1.99. The molecule has 0 bridgehead atoms. The summed E-state index contributed by atoms with van der Waals surface area (Å²) in [6.07, 6.45) is 0. The number of hydrogen-bond acceptors (Lipinski definition) is 8. The van der Waals surface area contributed by atoms with Crippen molar-refractivity contribution in [3.63, 3.8) is 0 Å². The number of nitrogens with zero attached hydrogens (tertiary/aromatic N) is 6. The highest BCUT2D eigenvalue weighted by atomic mass is 32.1. The Bertz CT molecular complexity index is 946. The molecule has 0 spiro atoms. The molecule has 120 valence electrons. The van der Waals surface area contributed by atoms with E-state index >= 15 is 0 Å². The van der Waals surface area contributed by atoms with E-state index in [2.05, 4.69) is 25.6 Å². The number of thiophene rings is 1. The van der Waals surface area contributed by atoms with Crippen molar-refractivity contribution in [2.24, 2.45) is 0 Å². The van der Waals surface area contributed by atoms with Gasteiger partial charge in [-0.25, -0.2) is 0 Å².